The third-order valence-corrected chi connectivity index (χ3v) is 2.12. The molecule has 6 nitrogen and oxygen atoms in total. The lowest BCUT2D eigenvalue weighted by Crippen LogP contribution is -2.01. The molecule has 2 aromatic rings. The van der Waals surface area contributed by atoms with Crippen molar-refractivity contribution in [2.75, 3.05) is 0 Å². The smallest absolute Gasteiger partial charge is 0.371 e. The Morgan fingerprint density at radius 2 is 2.38 bits per heavy atom. The van der Waals surface area contributed by atoms with Gasteiger partial charge in [-0.3, -0.25) is 0 Å². The van der Waals surface area contributed by atoms with E-state index in [2.05, 4.69) is 10.3 Å². The molecule has 0 bridgehead atoms. The van der Waals surface area contributed by atoms with Crippen molar-refractivity contribution in [1.29, 1.82) is 0 Å². The summed E-state index contributed by atoms with van der Waals surface area (Å²) in [4.78, 5) is 10.7. The predicted molar refractivity (Wildman–Crippen MR) is 55.0 cm³/mol. The van der Waals surface area contributed by atoms with Crippen LogP contribution in [-0.2, 0) is 6.54 Å². The monoisotopic (exact) mass is 221 g/mol. The molecule has 0 unspecified atom stereocenters. The summed E-state index contributed by atoms with van der Waals surface area (Å²) in [6.07, 6.45) is 2.48. The van der Waals surface area contributed by atoms with Gasteiger partial charge in [0.05, 0.1) is 6.20 Å². The predicted octanol–water partition coefficient (Wildman–Crippen LogP) is 1.65. The number of carboxylic acids is 1. The summed E-state index contributed by atoms with van der Waals surface area (Å²) >= 11 is 0. The van der Waals surface area contributed by atoms with Gasteiger partial charge in [-0.2, -0.15) is 0 Å². The summed E-state index contributed by atoms with van der Waals surface area (Å²) in [5.41, 5.74) is 0.689. The molecule has 0 saturated carbocycles. The van der Waals surface area contributed by atoms with E-state index in [0.717, 1.165) is 13.0 Å². The number of hydrogen-bond donors (Lipinski definition) is 1. The Hall–Kier alpha value is -2.11. The maximum Gasteiger partial charge on any atom is 0.371 e. The van der Waals surface area contributed by atoms with E-state index in [9.17, 15) is 4.79 Å². The standard InChI is InChI=1S/C10H11N3O3/c1-2-5-13-7(6-11-12-13)8-3-4-9(16-8)10(14)15/h3-4,6H,2,5H2,1H3,(H,14,15). The number of furan rings is 1. The van der Waals surface area contributed by atoms with E-state index in [-0.39, 0.29) is 5.76 Å². The summed E-state index contributed by atoms with van der Waals surface area (Å²) in [5, 5.41) is 16.4. The van der Waals surface area contributed by atoms with Crippen molar-refractivity contribution in [2.24, 2.45) is 0 Å². The molecule has 0 aliphatic heterocycles. The summed E-state index contributed by atoms with van der Waals surface area (Å²) < 4.78 is 6.86. The molecule has 0 saturated heterocycles. The van der Waals surface area contributed by atoms with Crippen LogP contribution < -0.4 is 0 Å². The van der Waals surface area contributed by atoms with Gasteiger partial charge in [-0.15, -0.1) is 5.10 Å². The molecule has 0 amide bonds. The van der Waals surface area contributed by atoms with E-state index in [1.807, 2.05) is 6.92 Å². The lowest BCUT2D eigenvalue weighted by molar-refractivity contribution is 0.0663. The van der Waals surface area contributed by atoms with Crippen LogP contribution in [0.15, 0.2) is 22.7 Å². The molecule has 0 spiro atoms. The molecule has 0 aromatic carbocycles. The highest BCUT2D eigenvalue weighted by Crippen LogP contribution is 2.21. The first kappa shape index (κ1) is 10.4. The van der Waals surface area contributed by atoms with Crippen LogP contribution in [0.2, 0.25) is 0 Å². The number of hydrogen-bond acceptors (Lipinski definition) is 4. The number of rotatable bonds is 4. The van der Waals surface area contributed by atoms with Gasteiger partial charge in [-0.05, 0) is 18.6 Å². The van der Waals surface area contributed by atoms with E-state index in [1.165, 1.54) is 6.07 Å². The summed E-state index contributed by atoms with van der Waals surface area (Å²) in [7, 11) is 0. The second-order valence-corrected chi connectivity index (χ2v) is 3.31. The zero-order chi connectivity index (χ0) is 11.5. The van der Waals surface area contributed by atoms with Crippen molar-refractivity contribution in [1.82, 2.24) is 15.0 Å². The number of carbonyl (C=O) groups is 1. The molecule has 2 aromatic heterocycles. The van der Waals surface area contributed by atoms with E-state index >= 15 is 0 Å². The molecular weight excluding hydrogens is 210 g/mol. The highest BCUT2D eigenvalue weighted by Gasteiger charge is 2.13. The van der Waals surface area contributed by atoms with Crippen molar-refractivity contribution in [3.05, 3.63) is 24.1 Å². The molecule has 2 rings (SSSR count). The van der Waals surface area contributed by atoms with E-state index in [4.69, 9.17) is 9.52 Å². The molecule has 84 valence electrons. The largest absolute Gasteiger partial charge is 0.475 e. The van der Waals surface area contributed by atoms with Crippen LogP contribution >= 0.6 is 0 Å². The fourth-order valence-electron chi connectivity index (χ4n) is 1.42. The van der Waals surface area contributed by atoms with Crippen LogP contribution in [0.4, 0.5) is 0 Å². The van der Waals surface area contributed by atoms with E-state index in [0.29, 0.717) is 11.5 Å². The molecule has 0 fully saturated rings. The maximum atomic E-state index is 10.7. The first-order chi connectivity index (χ1) is 7.72. The quantitative estimate of drug-likeness (QED) is 0.848. The third kappa shape index (κ3) is 1.81. The first-order valence-corrected chi connectivity index (χ1v) is 4.94. The van der Waals surface area contributed by atoms with Gasteiger partial charge in [-0.25, -0.2) is 9.48 Å². The Bertz CT molecular complexity index is 501. The van der Waals surface area contributed by atoms with Gasteiger partial charge in [0.25, 0.3) is 0 Å². The van der Waals surface area contributed by atoms with Gasteiger partial charge in [0.15, 0.2) is 5.76 Å². The zero-order valence-corrected chi connectivity index (χ0v) is 8.75. The highest BCUT2D eigenvalue weighted by atomic mass is 16.4. The first-order valence-electron chi connectivity index (χ1n) is 4.94. The Morgan fingerprint density at radius 1 is 1.56 bits per heavy atom. The lowest BCUT2D eigenvalue weighted by atomic mass is 10.3. The maximum absolute atomic E-state index is 10.7. The minimum absolute atomic E-state index is 0.0840. The van der Waals surface area contributed by atoms with Crippen LogP contribution in [0.25, 0.3) is 11.5 Å². The minimum Gasteiger partial charge on any atom is -0.475 e. The van der Waals surface area contributed by atoms with Crippen molar-refractivity contribution < 1.29 is 14.3 Å². The Balaban J connectivity index is 2.34. The van der Waals surface area contributed by atoms with Crippen LogP contribution in [-0.4, -0.2) is 26.1 Å². The topological polar surface area (TPSA) is 81.2 Å². The Labute approximate surface area is 91.5 Å². The summed E-state index contributed by atoms with van der Waals surface area (Å²) in [6, 6.07) is 3.02. The van der Waals surface area contributed by atoms with Crippen molar-refractivity contribution >= 4 is 5.97 Å². The lowest BCUT2D eigenvalue weighted by Gasteiger charge is -2.00. The second-order valence-electron chi connectivity index (χ2n) is 3.31. The van der Waals surface area contributed by atoms with Gasteiger partial charge < -0.3 is 9.52 Å². The van der Waals surface area contributed by atoms with Crippen LogP contribution in [0, 0.1) is 0 Å². The Kier molecular flexibility index (Phi) is 2.72. The minimum atomic E-state index is -1.08. The number of carboxylic acid groups (broad SMARTS) is 1. The Morgan fingerprint density at radius 3 is 3.00 bits per heavy atom. The fraction of sp³-hybridized carbons (Fsp3) is 0.300. The van der Waals surface area contributed by atoms with Gasteiger partial charge in [0, 0.05) is 6.54 Å². The normalized spacial score (nSPS) is 10.6. The molecule has 16 heavy (non-hydrogen) atoms. The van der Waals surface area contributed by atoms with Crippen molar-refractivity contribution in [2.45, 2.75) is 19.9 Å². The third-order valence-electron chi connectivity index (χ3n) is 2.12. The molecular formula is C10H11N3O3. The number of aromatic carboxylic acids is 1. The van der Waals surface area contributed by atoms with Crippen molar-refractivity contribution in [3.63, 3.8) is 0 Å². The van der Waals surface area contributed by atoms with Crippen LogP contribution in [0.3, 0.4) is 0 Å². The SMILES string of the molecule is CCCn1nncc1-c1ccc(C(=O)O)o1. The molecule has 0 aliphatic carbocycles. The second kappa shape index (κ2) is 4.18. The van der Waals surface area contributed by atoms with Crippen LogP contribution in [0.1, 0.15) is 23.9 Å². The molecule has 0 aliphatic rings. The van der Waals surface area contributed by atoms with Crippen LogP contribution in [0.5, 0.6) is 0 Å². The van der Waals surface area contributed by atoms with E-state index in [1.54, 1.807) is 16.9 Å². The highest BCUT2D eigenvalue weighted by molar-refractivity contribution is 5.85. The number of nitrogens with zero attached hydrogens (tertiary/aromatic N) is 3. The van der Waals surface area contributed by atoms with E-state index < -0.39 is 5.97 Å². The molecule has 1 N–H and O–H groups in total. The number of aromatic nitrogens is 3. The zero-order valence-electron chi connectivity index (χ0n) is 8.75. The van der Waals surface area contributed by atoms with Crippen molar-refractivity contribution in [3.8, 4) is 11.5 Å². The van der Waals surface area contributed by atoms with Gasteiger partial charge in [0.2, 0.25) is 5.76 Å². The number of aryl methyl sites for hydroxylation is 1. The van der Waals surface area contributed by atoms with Gasteiger partial charge in [0.1, 0.15) is 5.69 Å². The molecule has 0 atom stereocenters. The summed E-state index contributed by atoms with van der Waals surface area (Å²) in [6.45, 7) is 2.74. The fourth-order valence-corrected chi connectivity index (χ4v) is 1.42. The summed E-state index contributed by atoms with van der Waals surface area (Å²) in [5.74, 6) is -0.698. The average Bonchev–Trinajstić information content (AvgIpc) is 2.84. The van der Waals surface area contributed by atoms with Gasteiger partial charge >= 0.3 is 5.97 Å². The average molecular weight is 221 g/mol. The van der Waals surface area contributed by atoms with Gasteiger partial charge in [-0.1, -0.05) is 12.1 Å². The molecule has 2 heterocycles. The molecule has 6 heteroatoms. The molecule has 0 radical (unpaired) electrons.